The molecular formula is C12H15NO3. The monoisotopic (exact) mass is 221 g/mol. The Kier molecular flexibility index (Phi) is 2.92. The molecule has 4 heteroatoms. The van der Waals surface area contributed by atoms with Crippen LogP contribution in [0.5, 0.6) is 0 Å². The van der Waals surface area contributed by atoms with Gasteiger partial charge in [0.15, 0.2) is 0 Å². The molecule has 0 atom stereocenters. The first-order valence-corrected chi connectivity index (χ1v) is 5.39. The molecule has 86 valence electrons. The molecule has 0 aliphatic carbocycles. The summed E-state index contributed by atoms with van der Waals surface area (Å²) in [5.41, 5.74) is 1.00. The second-order valence-electron chi connectivity index (χ2n) is 4.19. The molecule has 0 saturated carbocycles. The Bertz CT molecular complexity index is 397. The molecule has 1 aliphatic rings. The fourth-order valence-corrected chi connectivity index (χ4v) is 2.28. The molecule has 2 rings (SSSR count). The second-order valence-corrected chi connectivity index (χ2v) is 4.19. The first-order valence-electron chi connectivity index (χ1n) is 5.39. The SMILES string of the molecule is Cc1ccncc1C1(C(=O)O)CCOCC1. The molecule has 2 heterocycles. The number of ether oxygens (including phenoxy) is 1. The Morgan fingerprint density at radius 3 is 2.75 bits per heavy atom. The standard InChI is InChI=1S/C12H15NO3/c1-9-2-5-13-8-10(9)12(11(14)15)3-6-16-7-4-12/h2,5,8H,3-4,6-7H2,1H3,(H,14,15). The lowest BCUT2D eigenvalue weighted by molar-refractivity contribution is -0.147. The van der Waals surface area contributed by atoms with Crippen LogP contribution in [0, 0.1) is 6.92 Å². The molecule has 4 nitrogen and oxygen atoms in total. The van der Waals surface area contributed by atoms with E-state index in [2.05, 4.69) is 4.98 Å². The van der Waals surface area contributed by atoms with Gasteiger partial charge in [-0.3, -0.25) is 9.78 Å². The highest BCUT2D eigenvalue weighted by molar-refractivity contribution is 5.82. The van der Waals surface area contributed by atoms with E-state index in [4.69, 9.17) is 4.74 Å². The Morgan fingerprint density at radius 1 is 1.50 bits per heavy atom. The van der Waals surface area contributed by atoms with Crippen molar-refractivity contribution in [1.82, 2.24) is 4.98 Å². The van der Waals surface area contributed by atoms with Crippen LogP contribution >= 0.6 is 0 Å². The molecule has 0 radical (unpaired) electrons. The minimum absolute atomic E-state index is 0.501. The van der Waals surface area contributed by atoms with Crippen LogP contribution in [0.3, 0.4) is 0 Å². The van der Waals surface area contributed by atoms with Crippen LogP contribution in [0.25, 0.3) is 0 Å². The number of rotatable bonds is 2. The Labute approximate surface area is 94.3 Å². The van der Waals surface area contributed by atoms with Gasteiger partial charge in [-0.15, -0.1) is 0 Å². The van der Waals surface area contributed by atoms with Crippen LogP contribution in [0.1, 0.15) is 24.0 Å². The molecule has 0 spiro atoms. The van der Waals surface area contributed by atoms with E-state index < -0.39 is 11.4 Å². The van der Waals surface area contributed by atoms with Gasteiger partial charge in [0.2, 0.25) is 0 Å². The Hall–Kier alpha value is -1.42. The lowest BCUT2D eigenvalue weighted by atomic mass is 9.73. The van der Waals surface area contributed by atoms with Crippen molar-refractivity contribution in [2.75, 3.05) is 13.2 Å². The first kappa shape index (κ1) is 11.1. The molecule has 1 aromatic rings. The largest absolute Gasteiger partial charge is 0.481 e. The highest BCUT2D eigenvalue weighted by atomic mass is 16.5. The lowest BCUT2D eigenvalue weighted by Crippen LogP contribution is -2.41. The van der Waals surface area contributed by atoms with Crippen molar-refractivity contribution in [3.63, 3.8) is 0 Å². The molecular weight excluding hydrogens is 206 g/mol. The van der Waals surface area contributed by atoms with Gasteiger partial charge < -0.3 is 9.84 Å². The summed E-state index contributed by atoms with van der Waals surface area (Å²) in [6.07, 6.45) is 4.41. The number of pyridine rings is 1. The zero-order valence-corrected chi connectivity index (χ0v) is 9.27. The van der Waals surface area contributed by atoms with Crippen molar-refractivity contribution >= 4 is 5.97 Å². The molecule has 0 unspecified atom stereocenters. The van der Waals surface area contributed by atoms with Crippen LogP contribution in [0.4, 0.5) is 0 Å². The second kappa shape index (κ2) is 4.22. The van der Waals surface area contributed by atoms with Crippen LogP contribution in [-0.2, 0) is 14.9 Å². The summed E-state index contributed by atoms with van der Waals surface area (Å²) >= 11 is 0. The summed E-state index contributed by atoms with van der Waals surface area (Å²) in [6.45, 7) is 2.93. The van der Waals surface area contributed by atoms with Crippen molar-refractivity contribution in [2.24, 2.45) is 0 Å². The lowest BCUT2D eigenvalue weighted by Gasteiger charge is -2.34. The van der Waals surface area contributed by atoms with Gasteiger partial charge in [0.25, 0.3) is 0 Å². The summed E-state index contributed by atoms with van der Waals surface area (Å²) < 4.78 is 5.25. The van der Waals surface area contributed by atoms with E-state index in [1.54, 1.807) is 12.4 Å². The molecule has 1 fully saturated rings. The van der Waals surface area contributed by atoms with Gasteiger partial charge in [-0.05, 0) is 37.0 Å². The number of carboxylic acids is 1. The van der Waals surface area contributed by atoms with E-state index in [0.717, 1.165) is 11.1 Å². The van der Waals surface area contributed by atoms with Gasteiger partial charge in [0.1, 0.15) is 0 Å². The number of aryl methyl sites for hydroxylation is 1. The van der Waals surface area contributed by atoms with E-state index in [9.17, 15) is 9.90 Å². The minimum atomic E-state index is -0.809. The summed E-state index contributed by atoms with van der Waals surface area (Å²) in [4.78, 5) is 15.6. The van der Waals surface area contributed by atoms with Gasteiger partial charge >= 0.3 is 5.97 Å². The van der Waals surface area contributed by atoms with Crippen LogP contribution < -0.4 is 0 Å². The third kappa shape index (κ3) is 1.69. The fourth-order valence-electron chi connectivity index (χ4n) is 2.28. The van der Waals surface area contributed by atoms with Crippen molar-refractivity contribution in [3.8, 4) is 0 Å². The van der Waals surface area contributed by atoms with E-state index in [1.807, 2.05) is 13.0 Å². The first-order chi connectivity index (χ1) is 7.67. The summed E-state index contributed by atoms with van der Waals surface area (Å²) in [7, 11) is 0. The molecule has 1 aliphatic heterocycles. The number of nitrogens with zero attached hydrogens (tertiary/aromatic N) is 1. The number of hydrogen-bond acceptors (Lipinski definition) is 3. The zero-order valence-electron chi connectivity index (χ0n) is 9.27. The molecule has 0 bridgehead atoms. The number of hydrogen-bond donors (Lipinski definition) is 1. The molecule has 16 heavy (non-hydrogen) atoms. The number of carbonyl (C=O) groups is 1. The quantitative estimate of drug-likeness (QED) is 0.822. The Morgan fingerprint density at radius 2 is 2.19 bits per heavy atom. The summed E-state index contributed by atoms with van der Waals surface area (Å²) in [6, 6.07) is 1.86. The smallest absolute Gasteiger partial charge is 0.314 e. The van der Waals surface area contributed by atoms with Crippen molar-refractivity contribution in [3.05, 3.63) is 29.6 Å². The van der Waals surface area contributed by atoms with Crippen LogP contribution in [0.15, 0.2) is 18.5 Å². The fraction of sp³-hybridized carbons (Fsp3) is 0.500. The molecule has 0 aromatic carbocycles. The maximum absolute atomic E-state index is 11.5. The van der Waals surface area contributed by atoms with Crippen molar-refractivity contribution < 1.29 is 14.6 Å². The average Bonchev–Trinajstić information content (AvgIpc) is 2.30. The topological polar surface area (TPSA) is 59.4 Å². The Balaban J connectivity index is 2.47. The maximum Gasteiger partial charge on any atom is 0.314 e. The molecule has 0 amide bonds. The molecule has 1 aromatic heterocycles. The molecule has 1 N–H and O–H groups in total. The van der Waals surface area contributed by atoms with E-state index >= 15 is 0 Å². The van der Waals surface area contributed by atoms with Crippen LogP contribution in [-0.4, -0.2) is 29.3 Å². The number of aliphatic carboxylic acids is 1. The third-order valence-electron chi connectivity index (χ3n) is 3.31. The predicted octanol–water partition coefficient (Wildman–Crippen LogP) is 1.52. The van der Waals surface area contributed by atoms with E-state index in [-0.39, 0.29) is 0 Å². The maximum atomic E-state index is 11.5. The number of carboxylic acid groups (broad SMARTS) is 1. The van der Waals surface area contributed by atoms with Gasteiger partial charge in [-0.1, -0.05) is 0 Å². The van der Waals surface area contributed by atoms with Gasteiger partial charge in [0, 0.05) is 25.6 Å². The van der Waals surface area contributed by atoms with Gasteiger partial charge in [-0.25, -0.2) is 0 Å². The third-order valence-corrected chi connectivity index (χ3v) is 3.31. The average molecular weight is 221 g/mol. The normalized spacial score (nSPS) is 19.3. The van der Waals surface area contributed by atoms with Crippen molar-refractivity contribution in [1.29, 1.82) is 0 Å². The highest BCUT2D eigenvalue weighted by Gasteiger charge is 2.42. The highest BCUT2D eigenvalue weighted by Crippen LogP contribution is 2.36. The van der Waals surface area contributed by atoms with Crippen LogP contribution in [0.2, 0.25) is 0 Å². The zero-order chi connectivity index (χ0) is 11.6. The minimum Gasteiger partial charge on any atom is -0.481 e. The van der Waals surface area contributed by atoms with E-state index in [0.29, 0.717) is 26.1 Å². The molecule has 1 saturated heterocycles. The van der Waals surface area contributed by atoms with Gasteiger partial charge in [-0.2, -0.15) is 0 Å². The summed E-state index contributed by atoms with van der Waals surface area (Å²) in [5.74, 6) is -0.771. The predicted molar refractivity (Wildman–Crippen MR) is 58.3 cm³/mol. The number of aromatic nitrogens is 1. The van der Waals surface area contributed by atoms with E-state index in [1.165, 1.54) is 0 Å². The van der Waals surface area contributed by atoms with Gasteiger partial charge in [0.05, 0.1) is 5.41 Å². The van der Waals surface area contributed by atoms with Crippen molar-refractivity contribution in [2.45, 2.75) is 25.2 Å². The summed E-state index contributed by atoms with van der Waals surface area (Å²) in [5, 5.41) is 9.48.